The second kappa shape index (κ2) is 4.84. The van der Waals surface area contributed by atoms with E-state index in [1.54, 1.807) is 12.4 Å². The van der Waals surface area contributed by atoms with E-state index in [1.165, 1.54) is 12.8 Å². The van der Waals surface area contributed by atoms with E-state index in [2.05, 4.69) is 27.1 Å². The normalized spacial score (nSPS) is 26.3. The number of H-pyrrole nitrogens is 1. The molecular weight excluding hydrogens is 264 g/mol. The first-order chi connectivity index (χ1) is 10.2. The highest BCUT2D eigenvalue weighted by Crippen LogP contribution is 2.33. The van der Waals surface area contributed by atoms with Gasteiger partial charge < -0.3 is 10.3 Å². The van der Waals surface area contributed by atoms with Gasteiger partial charge in [-0.2, -0.15) is 0 Å². The number of likely N-dealkylation sites (tertiary alicyclic amines) is 1. The van der Waals surface area contributed by atoms with Gasteiger partial charge in [-0.25, -0.2) is 0 Å². The average molecular weight is 284 g/mol. The van der Waals surface area contributed by atoms with Crippen molar-refractivity contribution in [3.8, 4) is 0 Å². The maximum atomic E-state index is 12.5. The Balaban J connectivity index is 1.48. The fourth-order valence-corrected chi connectivity index (χ4v) is 3.47. The van der Waals surface area contributed by atoms with Gasteiger partial charge in [0.1, 0.15) is 5.52 Å². The summed E-state index contributed by atoms with van der Waals surface area (Å²) in [5, 5.41) is 3.18. The van der Waals surface area contributed by atoms with Crippen LogP contribution in [0.1, 0.15) is 36.5 Å². The smallest absolute Gasteiger partial charge is 0.255 e. The lowest BCUT2D eigenvalue weighted by Crippen LogP contribution is -2.37. The maximum absolute atomic E-state index is 12.5. The Bertz CT molecular complexity index is 676. The third-order valence-corrected chi connectivity index (χ3v) is 4.65. The van der Waals surface area contributed by atoms with Gasteiger partial charge in [0, 0.05) is 37.1 Å². The second-order valence-corrected chi connectivity index (χ2v) is 6.28. The van der Waals surface area contributed by atoms with E-state index >= 15 is 0 Å². The van der Waals surface area contributed by atoms with Crippen LogP contribution in [-0.4, -0.2) is 45.4 Å². The third kappa shape index (κ3) is 2.31. The van der Waals surface area contributed by atoms with Crippen molar-refractivity contribution in [1.29, 1.82) is 0 Å². The molecule has 5 nitrogen and oxygen atoms in total. The first-order valence-corrected chi connectivity index (χ1v) is 7.71. The first-order valence-electron chi connectivity index (χ1n) is 7.71. The van der Waals surface area contributed by atoms with Gasteiger partial charge in [0.15, 0.2) is 0 Å². The Morgan fingerprint density at radius 3 is 3.14 bits per heavy atom. The number of hydrogen-bond acceptors (Lipinski definition) is 3. The van der Waals surface area contributed by atoms with Gasteiger partial charge in [0.05, 0.1) is 11.1 Å². The van der Waals surface area contributed by atoms with Crippen LogP contribution >= 0.6 is 0 Å². The molecule has 2 aromatic heterocycles. The molecule has 0 aromatic carbocycles. The lowest BCUT2D eigenvalue weighted by Gasteiger charge is -2.19. The van der Waals surface area contributed by atoms with Crippen molar-refractivity contribution in [2.24, 2.45) is 0 Å². The van der Waals surface area contributed by atoms with Crippen molar-refractivity contribution in [3.05, 3.63) is 30.1 Å². The zero-order valence-corrected chi connectivity index (χ0v) is 12.2. The molecule has 1 saturated carbocycles. The molecule has 0 bridgehead atoms. The Morgan fingerprint density at radius 1 is 1.48 bits per heavy atom. The molecule has 1 aliphatic heterocycles. The summed E-state index contributed by atoms with van der Waals surface area (Å²) in [5.74, 6) is -0.0187. The lowest BCUT2D eigenvalue weighted by atomic mass is 10.1. The molecule has 2 aromatic rings. The van der Waals surface area contributed by atoms with Gasteiger partial charge in [-0.05, 0) is 38.3 Å². The highest BCUT2D eigenvalue weighted by molar-refractivity contribution is 6.05. The molecule has 2 atom stereocenters. The summed E-state index contributed by atoms with van der Waals surface area (Å²) >= 11 is 0. The molecule has 110 valence electrons. The third-order valence-electron chi connectivity index (χ3n) is 4.65. The van der Waals surface area contributed by atoms with Crippen molar-refractivity contribution in [2.45, 2.75) is 44.3 Å². The molecule has 2 unspecified atom stereocenters. The number of aromatic nitrogens is 2. The summed E-state index contributed by atoms with van der Waals surface area (Å²) in [4.78, 5) is 22.4. The number of pyridine rings is 1. The fraction of sp³-hybridized carbons (Fsp3) is 0.500. The maximum Gasteiger partial charge on any atom is 0.255 e. The SMILES string of the molecule is CC1CC(NC(=O)c2c[nH]c3cccnc23)CN1C1CC1. The summed E-state index contributed by atoms with van der Waals surface area (Å²) in [5.41, 5.74) is 2.30. The van der Waals surface area contributed by atoms with Gasteiger partial charge in [-0.15, -0.1) is 0 Å². The van der Waals surface area contributed by atoms with Crippen molar-refractivity contribution in [2.75, 3.05) is 6.54 Å². The van der Waals surface area contributed by atoms with E-state index in [0.717, 1.165) is 30.0 Å². The van der Waals surface area contributed by atoms with Crippen molar-refractivity contribution < 1.29 is 4.79 Å². The minimum absolute atomic E-state index is 0.0187. The first kappa shape index (κ1) is 12.8. The van der Waals surface area contributed by atoms with Gasteiger partial charge >= 0.3 is 0 Å². The zero-order valence-electron chi connectivity index (χ0n) is 12.2. The second-order valence-electron chi connectivity index (χ2n) is 6.28. The number of hydrogen-bond donors (Lipinski definition) is 2. The van der Waals surface area contributed by atoms with E-state index < -0.39 is 0 Å². The quantitative estimate of drug-likeness (QED) is 0.905. The number of carbonyl (C=O) groups is 1. The van der Waals surface area contributed by atoms with Crippen LogP contribution in [0.5, 0.6) is 0 Å². The van der Waals surface area contributed by atoms with Gasteiger partial charge in [-0.1, -0.05) is 0 Å². The Kier molecular flexibility index (Phi) is 2.96. The van der Waals surface area contributed by atoms with Crippen molar-refractivity contribution in [3.63, 3.8) is 0 Å². The minimum Gasteiger partial charge on any atom is -0.359 e. The Hall–Kier alpha value is -1.88. The lowest BCUT2D eigenvalue weighted by molar-refractivity contribution is 0.0939. The highest BCUT2D eigenvalue weighted by atomic mass is 16.1. The number of carbonyl (C=O) groups excluding carboxylic acids is 1. The van der Waals surface area contributed by atoms with E-state index in [0.29, 0.717) is 11.6 Å². The number of nitrogens with one attached hydrogen (secondary N) is 2. The fourth-order valence-electron chi connectivity index (χ4n) is 3.47. The summed E-state index contributed by atoms with van der Waals surface area (Å²) in [6.45, 7) is 3.24. The van der Waals surface area contributed by atoms with E-state index in [-0.39, 0.29) is 11.9 Å². The predicted octanol–water partition coefficient (Wildman–Crippen LogP) is 1.92. The highest BCUT2D eigenvalue weighted by Gasteiger charge is 2.39. The Labute approximate surface area is 123 Å². The van der Waals surface area contributed by atoms with E-state index in [4.69, 9.17) is 0 Å². The van der Waals surface area contributed by atoms with Crippen LogP contribution < -0.4 is 5.32 Å². The Morgan fingerprint density at radius 2 is 2.33 bits per heavy atom. The number of amides is 1. The summed E-state index contributed by atoms with van der Waals surface area (Å²) in [6, 6.07) is 5.39. The molecule has 21 heavy (non-hydrogen) atoms. The van der Waals surface area contributed by atoms with Gasteiger partial charge in [0.2, 0.25) is 0 Å². The number of nitrogens with zero attached hydrogens (tertiary/aromatic N) is 2. The molecule has 2 aliphatic rings. The molecule has 1 saturated heterocycles. The molecular formula is C16H20N4O. The van der Waals surface area contributed by atoms with Crippen molar-refractivity contribution in [1.82, 2.24) is 20.2 Å². The van der Waals surface area contributed by atoms with E-state index in [9.17, 15) is 4.79 Å². The molecule has 1 aliphatic carbocycles. The topological polar surface area (TPSA) is 61.0 Å². The van der Waals surface area contributed by atoms with E-state index in [1.807, 2.05) is 12.1 Å². The molecule has 3 heterocycles. The van der Waals surface area contributed by atoms with Crippen LogP contribution in [0.15, 0.2) is 24.5 Å². The largest absolute Gasteiger partial charge is 0.359 e. The number of rotatable bonds is 3. The van der Waals surface area contributed by atoms with Crippen LogP contribution in [0.2, 0.25) is 0 Å². The van der Waals surface area contributed by atoms with Gasteiger partial charge in [0.25, 0.3) is 5.91 Å². The molecule has 4 rings (SSSR count). The summed E-state index contributed by atoms with van der Waals surface area (Å²) in [6.07, 6.45) is 7.15. The standard InChI is InChI=1S/C16H20N4O/c1-10-7-11(9-20(10)12-4-5-12)19-16(21)13-8-18-14-3-2-6-17-15(13)14/h2-3,6,8,10-12,18H,4-5,7,9H2,1H3,(H,19,21). The molecule has 0 spiro atoms. The molecule has 2 fully saturated rings. The van der Waals surface area contributed by atoms with Crippen LogP contribution in [0.25, 0.3) is 11.0 Å². The number of fused-ring (bicyclic) bond motifs is 1. The molecule has 1 amide bonds. The minimum atomic E-state index is -0.0187. The van der Waals surface area contributed by atoms with Crippen LogP contribution in [0.4, 0.5) is 0 Å². The predicted molar refractivity (Wildman–Crippen MR) is 81.2 cm³/mol. The van der Waals surface area contributed by atoms with Crippen molar-refractivity contribution >= 4 is 16.9 Å². The average Bonchev–Trinajstić information content (AvgIpc) is 3.12. The van der Waals surface area contributed by atoms with Crippen LogP contribution in [0, 0.1) is 0 Å². The molecule has 0 radical (unpaired) electrons. The number of aromatic amines is 1. The molecule has 5 heteroatoms. The van der Waals surface area contributed by atoms with Crippen LogP contribution in [0.3, 0.4) is 0 Å². The van der Waals surface area contributed by atoms with Crippen LogP contribution in [-0.2, 0) is 0 Å². The van der Waals surface area contributed by atoms with Gasteiger partial charge in [-0.3, -0.25) is 14.7 Å². The summed E-state index contributed by atoms with van der Waals surface area (Å²) in [7, 11) is 0. The molecule has 2 N–H and O–H groups in total. The summed E-state index contributed by atoms with van der Waals surface area (Å²) < 4.78 is 0. The monoisotopic (exact) mass is 284 g/mol. The zero-order chi connectivity index (χ0) is 14.4.